The minimum Gasteiger partial charge on any atom is -0.422 e. The Morgan fingerprint density at radius 3 is 2.48 bits per heavy atom. The third kappa shape index (κ3) is 3.10. The first-order valence-electron chi connectivity index (χ1n) is 10.7. The standard InChI is InChI=1S/C24H26N6O/c1-24(2,3)30-23-20(21(28-30)16-5-4-6-16)19(18(13-25)22(26)31-23)15-7-9-17(10-8-15)29-12-11-27-14-29/h7-12,14,16,19H,4-6,26H2,1-3H3. The number of ether oxygens (including phenoxy) is 1. The highest BCUT2D eigenvalue weighted by atomic mass is 16.5. The molecule has 0 bridgehead atoms. The van der Waals surface area contributed by atoms with Gasteiger partial charge in [0.05, 0.1) is 29.0 Å². The van der Waals surface area contributed by atoms with E-state index in [9.17, 15) is 5.26 Å². The van der Waals surface area contributed by atoms with Gasteiger partial charge in [-0.15, -0.1) is 0 Å². The van der Waals surface area contributed by atoms with Crippen LogP contribution in [-0.2, 0) is 5.54 Å². The number of fused-ring (bicyclic) bond motifs is 1. The maximum atomic E-state index is 9.98. The van der Waals surface area contributed by atoms with E-state index in [0.29, 0.717) is 17.4 Å². The molecule has 31 heavy (non-hydrogen) atoms. The van der Waals surface area contributed by atoms with Crippen LogP contribution >= 0.6 is 0 Å². The van der Waals surface area contributed by atoms with Gasteiger partial charge in [-0.05, 0) is 51.3 Å². The molecule has 2 aromatic heterocycles. The third-order valence-corrected chi connectivity index (χ3v) is 6.23. The highest BCUT2D eigenvalue weighted by Crippen LogP contribution is 2.50. The number of aromatic nitrogens is 4. The van der Waals surface area contributed by atoms with Crippen LogP contribution in [0.3, 0.4) is 0 Å². The lowest BCUT2D eigenvalue weighted by atomic mass is 9.76. The molecule has 3 aromatic rings. The van der Waals surface area contributed by atoms with Gasteiger partial charge in [0.25, 0.3) is 0 Å². The van der Waals surface area contributed by atoms with Crippen molar-refractivity contribution in [2.75, 3.05) is 0 Å². The Balaban J connectivity index is 1.68. The number of hydrogen-bond acceptors (Lipinski definition) is 5. The summed E-state index contributed by atoms with van der Waals surface area (Å²) in [7, 11) is 0. The van der Waals surface area contributed by atoms with Gasteiger partial charge in [0.15, 0.2) is 0 Å². The van der Waals surface area contributed by atoms with Crippen LogP contribution in [0.1, 0.15) is 68.7 Å². The molecule has 5 rings (SSSR count). The second-order valence-electron chi connectivity index (χ2n) is 9.30. The quantitative estimate of drug-likeness (QED) is 0.689. The summed E-state index contributed by atoms with van der Waals surface area (Å²) in [5, 5.41) is 15.0. The van der Waals surface area contributed by atoms with E-state index in [0.717, 1.165) is 35.3 Å². The lowest BCUT2D eigenvalue weighted by Gasteiger charge is -2.30. The molecule has 158 valence electrons. The second kappa shape index (κ2) is 7.02. The highest BCUT2D eigenvalue weighted by Gasteiger charge is 2.41. The van der Waals surface area contributed by atoms with Crippen molar-refractivity contribution in [3.63, 3.8) is 0 Å². The molecule has 1 unspecified atom stereocenters. The lowest BCUT2D eigenvalue weighted by molar-refractivity contribution is 0.276. The van der Waals surface area contributed by atoms with Crippen molar-refractivity contribution < 1.29 is 4.74 Å². The summed E-state index contributed by atoms with van der Waals surface area (Å²) in [6.07, 6.45) is 8.85. The zero-order chi connectivity index (χ0) is 21.8. The highest BCUT2D eigenvalue weighted by molar-refractivity contribution is 5.57. The predicted octanol–water partition coefficient (Wildman–Crippen LogP) is 4.31. The monoisotopic (exact) mass is 414 g/mol. The first-order valence-corrected chi connectivity index (χ1v) is 10.7. The van der Waals surface area contributed by atoms with Gasteiger partial charge in [-0.3, -0.25) is 0 Å². The summed E-state index contributed by atoms with van der Waals surface area (Å²) >= 11 is 0. The summed E-state index contributed by atoms with van der Waals surface area (Å²) in [6, 6.07) is 10.5. The first-order chi connectivity index (χ1) is 14.9. The van der Waals surface area contributed by atoms with Crippen LogP contribution < -0.4 is 10.5 Å². The fraction of sp³-hybridized carbons (Fsp3) is 0.375. The Kier molecular flexibility index (Phi) is 4.40. The molecule has 1 aromatic carbocycles. The van der Waals surface area contributed by atoms with E-state index in [1.54, 1.807) is 12.5 Å². The molecular weight excluding hydrogens is 388 g/mol. The molecule has 2 N–H and O–H groups in total. The average molecular weight is 415 g/mol. The third-order valence-electron chi connectivity index (χ3n) is 6.23. The fourth-order valence-electron chi connectivity index (χ4n) is 4.39. The zero-order valence-electron chi connectivity index (χ0n) is 18.0. The maximum Gasteiger partial charge on any atom is 0.224 e. The Labute approximate surface area is 181 Å². The van der Waals surface area contributed by atoms with Crippen LogP contribution in [0.15, 0.2) is 54.4 Å². The van der Waals surface area contributed by atoms with Crippen molar-refractivity contribution in [3.05, 3.63) is 71.3 Å². The topological polar surface area (TPSA) is 94.7 Å². The van der Waals surface area contributed by atoms with Gasteiger partial charge in [0, 0.05) is 24.0 Å². The zero-order valence-corrected chi connectivity index (χ0v) is 18.0. The summed E-state index contributed by atoms with van der Waals surface area (Å²) in [5.74, 6) is 0.920. The summed E-state index contributed by atoms with van der Waals surface area (Å²) in [5.41, 5.74) is 10.5. The van der Waals surface area contributed by atoms with Crippen molar-refractivity contribution in [1.82, 2.24) is 19.3 Å². The smallest absolute Gasteiger partial charge is 0.224 e. The number of nitriles is 1. The van der Waals surface area contributed by atoms with Crippen molar-refractivity contribution in [1.29, 1.82) is 5.26 Å². The Morgan fingerprint density at radius 2 is 1.94 bits per heavy atom. The van der Waals surface area contributed by atoms with Gasteiger partial charge in [-0.1, -0.05) is 18.6 Å². The number of hydrogen-bond donors (Lipinski definition) is 1. The maximum absolute atomic E-state index is 9.98. The van der Waals surface area contributed by atoms with Crippen LogP contribution in [-0.4, -0.2) is 19.3 Å². The fourth-order valence-corrected chi connectivity index (χ4v) is 4.39. The molecule has 0 saturated heterocycles. The molecule has 0 spiro atoms. The normalized spacial score (nSPS) is 18.8. The van der Waals surface area contributed by atoms with Crippen LogP contribution in [0.5, 0.6) is 5.88 Å². The Morgan fingerprint density at radius 1 is 1.19 bits per heavy atom. The SMILES string of the molecule is CC(C)(C)n1nc(C2CCC2)c2c1OC(N)=C(C#N)C2c1ccc(-n2ccnc2)cc1. The molecule has 1 aliphatic carbocycles. The van der Waals surface area contributed by atoms with E-state index in [-0.39, 0.29) is 17.3 Å². The number of imidazole rings is 1. The molecule has 1 saturated carbocycles. The second-order valence-corrected chi connectivity index (χ2v) is 9.30. The van der Waals surface area contributed by atoms with E-state index < -0.39 is 0 Å². The molecule has 3 heterocycles. The van der Waals surface area contributed by atoms with Crippen molar-refractivity contribution in [3.8, 4) is 17.6 Å². The molecule has 2 aliphatic rings. The predicted molar refractivity (Wildman–Crippen MR) is 117 cm³/mol. The molecule has 1 fully saturated rings. The van der Waals surface area contributed by atoms with Gasteiger partial charge in [0.2, 0.25) is 11.8 Å². The van der Waals surface area contributed by atoms with Crippen LogP contribution in [0, 0.1) is 11.3 Å². The molecule has 0 radical (unpaired) electrons. The van der Waals surface area contributed by atoms with Gasteiger partial charge >= 0.3 is 0 Å². The summed E-state index contributed by atoms with van der Waals surface area (Å²) < 4.78 is 9.93. The van der Waals surface area contributed by atoms with Gasteiger partial charge < -0.3 is 15.0 Å². The van der Waals surface area contributed by atoms with Gasteiger partial charge in [0.1, 0.15) is 11.6 Å². The van der Waals surface area contributed by atoms with E-state index in [1.165, 1.54) is 6.42 Å². The number of allylic oxidation sites excluding steroid dienone is 1. The van der Waals surface area contributed by atoms with Crippen LogP contribution in [0.2, 0.25) is 0 Å². The number of rotatable bonds is 3. The largest absolute Gasteiger partial charge is 0.422 e. The first kappa shape index (κ1) is 19.4. The van der Waals surface area contributed by atoms with Gasteiger partial charge in [-0.25, -0.2) is 9.67 Å². The average Bonchev–Trinajstić information content (AvgIpc) is 3.34. The van der Waals surface area contributed by atoms with E-state index in [4.69, 9.17) is 15.6 Å². The van der Waals surface area contributed by atoms with E-state index in [2.05, 4.69) is 44.0 Å². The number of benzene rings is 1. The molecule has 1 atom stereocenters. The molecular formula is C24H26N6O. The summed E-state index contributed by atoms with van der Waals surface area (Å²) in [6.45, 7) is 6.30. The van der Waals surface area contributed by atoms with Gasteiger partial charge in [-0.2, -0.15) is 10.4 Å². The van der Waals surface area contributed by atoms with Crippen LogP contribution in [0.4, 0.5) is 0 Å². The number of nitrogens with zero attached hydrogens (tertiary/aromatic N) is 5. The van der Waals surface area contributed by atoms with Crippen molar-refractivity contribution in [2.45, 2.75) is 57.4 Å². The lowest BCUT2D eigenvalue weighted by Crippen LogP contribution is -2.27. The Bertz CT molecular complexity index is 1180. The van der Waals surface area contributed by atoms with Crippen molar-refractivity contribution >= 4 is 0 Å². The summed E-state index contributed by atoms with van der Waals surface area (Å²) in [4.78, 5) is 4.12. The van der Waals surface area contributed by atoms with E-state index >= 15 is 0 Å². The number of nitrogens with two attached hydrogens (primary N) is 1. The minimum absolute atomic E-state index is 0.157. The molecule has 7 heteroatoms. The van der Waals surface area contributed by atoms with Crippen molar-refractivity contribution in [2.24, 2.45) is 5.73 Å². The molecule has 0 amide bonds. The van der Waals surface area contributed by atoms with Crippen LogP contribution in [0.25, 0.3) is 5.69 Å². The molecule has 1 aliphatic heterocycles. The molecule has 7 nitrogen and oxygen atoms in total. The minimum atomic E-state index is -0.294. The van der Waals surface area contributed by atoms with E-state index in [1.807, 2.05) is 27.6 Å². The Hall–Kier alpha value is -3.53.